The van der Waals surface area contributed by atoms with Gasteiger partial charge in [0.2, 0.25) is 0 Å². The van der Waals surface area contributed by atoms with Crippen LogP contribution in [0.5, 0.6) is 0 Å². The highest BCUT2D eigenvalue weighted by Crippen LogP contribution is 2.29. The largest absolute Gasteiger partial charge is 0.478 e. The highest BCUT2D eigenvalue weighted by Gasteiger charge is 2.20. The van der Waals surface area contributed by atoms with E-state index in [4.69, 9.17) is 5.10 Å². The number of nitrogens with one attached hydrogen (secondary N) is 1. The molecule has 2 N–H and O–H groups in total. The number of nitrogens with zero attached hydrogens (tertiary/aromatic N) is 2. The van der Waals surface area contributed by atoms with Crippen molar-refractivity contribution in [3.8, 4) is 5.69 Å². The first-order chi connectivity index (χ1) is 11.2. The summed E-state index contributed by atoms with van der Waals surface area (Å²) >= 11 is 1.82. The van der Waals surface area contributed by atoms with E-state index in [9.17, 15) is 9.90 Å². The van der Waals surface area contributed by atoms with Crippen LogP contribution in [0, 0.1) is 0 Å². The molecule has 2 heterocycles. The van der Waals surface area contributed by atoms with E-state index in [0.29, 0.717) is 0 Å². The average molecular weight is 331 g/mol. The summed E-state index contributed by atoms with van der Waals surface area (Å²) in [4.78, 5) is 11.2. The highest BCUT2D eigenvalue weighted by molar-refractivity contribution is 7.98. The van der Waals surface area contributed by atoms with Crippen molar-refractivity contribution in [1.29, 1.82) is 0 Å². The molecule has 0 amide bonds. The number of aromatic nitrogens is 2. The van der Waals surface area contributed by atoms with Crippen molar-refractivity contribution in [2.45, 2.75) is 25.7 Å². The molecule has 5 nitrogen and oxygen atoms in total. The Morgan fingerprint density at radius 2 is 2.30 bits per heavy atom. The fourth-order valence-corrected chi connectivity index (χ4v) is 3.33. The van der Waals surface area contributed by atoms with E-state index in [0.717, 1.165) is 55.2 Å². The molecule has 6 heteroatoms. The third-order valence-electron chi connectivity index (χ3n) is 4.09. The fraction of sp³-hybridized carbons (Fsp3) is 0.412. The molecule has 0 fully saturated rings. The lowest BCUT2D eigenvalue weighted by Gasteiger charge is -2.09. The van der Waals surface area contributed by atoms with Gasteiger partial charge in [0.15, 0.2) is 0 Å². The molecular weight excluding hydrogens is 310 g/mol. The van der Waals surface area contributed by atoms with Gasteiger partial charge in [-0.3, -0.25) is 0 Å². The lowest BCUT2D eigenvalue weighted by Crippen LogP contribution is -2.08. The number of thioether (sulfide) groups is 1. The molecule has 1 aliphatic rings. The number of rotatable bonds is 5. The molecule has 1 aromatic carbocycles. The van der Waals surface area contributed by atoms with Gasteiger partial charge in [-0.1, -0.05) is 6.07 Å². The van der Waals surface area contributed by atoms with Crippen molar-refractivity contribution < 1.29 is 9.90 Å². The predicted molar refractivity (Wildman–Crippen MR) is 94.0 cm³/mol. The molecule has 23 heavy (non-hydrogen) atoms. The zero-order valence-corrected chi connectivity index (χ0v) is 14.0. The second-order valence-corrected chi connectivity index (χ2v) is 6.65. The Balaban J connectivity index is 2.06. The van der Waals surface area contributed by atoms with Gasteiger partial charge in [-0.2, -0.15) is 16.9 Å². The van der Waals surface area contributed by atoms with Crippen LogP contribution in [0.4, 0.5) is 5.82 Å². The summed E-state index contributed by atoms with van der Waals surface area (Å²) in [5.74, 6) is 1.15. The summed E-state index contributed by atoms with van der Waals surface area (Å²) in [6, 6.07) is 6.96. The lowest BCUT2D eigenvalue weighted by atomic mass is 10.1. The van der Waals surface area contributed by atoms with Gasteiger partial charge < -0.3 is 10.4 Å². The van der Waals surface area contributed by atoms with Crippen molar-refractivity contribution in [1.82, 2.24) is 9.78 Å². The number of hydrogen-bond donors (Lipinski definition) is 2. The van der Waals surface area contributed by atoms with Gasteiger partial charge in [-0.25, -0.2) is 9.48 Å². The van der Waals surface area contributed by atoms with Gasteiger partial charge >= 0.3 is 5.97 Å². The normalized spacial score (nSPS) is 14.0. The van der Waals surface area contributed by atoms with E-state index in [2.05, 4.69) is 11.6 Å². The Hall–Kier alpha value is -1.95. The molecule has 0 radical (unpaired) electrons. The minimum atomic E-state index is -0.916. The number of hydrogen-bond acceptors (Lipinski definition) is 4. The van der Waals surface area contributed by atoms with Gasteiger partial charge in [-0.15, -0.1) is 0 Å². The molecule has 0 aliphatic carbocycles. The molecule has 0 saturated carbocycles. The summed E-state index contributed by atoms with van der Waals surface area (Å²) < 4.78 is 1.88. The third kappa shape index (κ3) is 3.37. The van der Waals surface area contributed by atoms with Gasteiger partial charge in [0.25, 0.3) is 0 Å². The monoisotopic (exact) mass is 331 g/mol. The molecule has 0 saturated heterocycles. The van der Waals surface area contributed by atoms with Crippen LogP contribution in [-0.2, 0) is 12.8 Å². The standard InChI is InChI=1S/C17H21N3O2S/c1-23-10-8-15-14-7-2-3-9-18-16(14)20(19-15)13-6-4-5-12(11-13)17(21)22/h4-6,11,18H,2-3,7-10H2,1H3,(H,21,22). The minimum Gasteiger partial charge on any atom is -0.478 e. The Morgan fingerprint density at radius 3 is 3.09 bits per heavy atom. The van der Waals surface area contributed by atoms with E-state index < -0.39 is 5.97 Å². The van der Waals surface area contributed by atoms with Crippen LogP contribution in [-0.4, -0.2) is 39.4 Å². The molecule has 0 atom stereocenters. The maximum Gasteiger partial charge on any atom is 0.335 e. The Kier molecular flexibility index (Phi) is 4.91. The third-order valence-corrected chi connectivity index (χ3v) is 4.71. The van der Waals surface area contributed by atoms with Crippen molar-refractivity contribution in [2.75, 3.05) is 23.9 Å². The van der Waals surface area contributed by atoms with E-state index in [-0.39, 0.29) is 5.56 Å². The van der Waals surface area contributed by atoms with Crippen LogP contribution in [0.3, 0.4) is 0 Å². The van der Waals surface area contributed by atoms with E-state index >= 15 is 0 Å². The number of carbonyl (C=O) groups is 1. The van der Waals surface area contributed by atoms with Crippen LogP contribution in [0.25, 0.3) is 5.69 Å². The van der Waals surface area contributed by atoms with E-state index in [1.54, 1.807) is 18.2 Å². The predicted octanol–water partition coefficient (Wildman–Crippen LogP) is 3.22. The summed E-state index contributed by atoms with van der Waals surface area (Å²) in [5.41, 5.74) is 3.50. The van der Waals surface area contributed by atoms with Crippen molar-refractivity contribution >= 4 is 23.5 Å². The molecule has 0 unspecified atom stereocenters. The Morgan fingerprint density at radius 1 is 1.43 bits per heavy atom. The van der Waals surface area contributed by atoms with Crippen LogP contribution < -0.4 is 5.32 Å². The van der Waals surface area contributed by atoms with Gasteiger partial charge in [0.05, 0.1) is 16.9 Å². The Bertz CT molecular complexity index is 712. The van der Waals surface area contributed by atoms with E-state index in [1.807, 2.05) is 22.5 Å². The SMILES string of the molecule is CSCCc1nn(-c2cccc(C(=O)O)c2)c2c1CCCCN2. The number of anilines is 1. The smallest absolute Gasteiger partial charge is 0.335 e. The summed E-state index contributed by atoms with van der Waals surface area (Å²) in [7, 11) is 0. The fourth-order valence-electron chi connectivity index (χ4n) is 2.93. The molecule has 0 bridgehead atoms. The number of fused-ring (bicyclic) bond motifs is 1. The average Bonchev–Trinajstić information content (AvgIpc) is 2.73. The molecular formula is C17H21N3O2S. The van der Waals surface area contributed by atoms with E-state index in [1.165, 1.54) is 5.56 Å². The van der Waals surface area contributed by atoms with Crippen LogP contribution >= 0.6 is 11.8 Å². The highest BCUT2D eigenvalue weighted by atomic mass is 32.2. The first kappa shape index (κ1) is 15.9. The first-order valence-electron chi connectivity index (χ1n) is 7.88. The quantitative estimate of drug-likeness (QED) is 0.880. The van der Waals surface area contributed by atoms with Crippen LogP contribution in [0.1, 0.15) is 34.5 Å². The lowest BCUT2D eigenvalue weighted by molar-refractivity contribution is 0.0697. The minimum absolute atomic E-state index is 0.283. The number of benzene rings is 1. The summed E-state index contributed by atoms with van der Waals surface area (Å²) in [5, 5.41) is 17.5. The van der Waals surface area contributed by atoms with Crippen molar-refractivity contribution in [3.05, 3.63) is 41.1 Å². The zero-order valence-electron chi connectivity index (χ0n) is 13.2. The number of carboxylic acids is 1. The second-order valence-electron chi connectivity index (χ2n) is 5.67. The maximum absolute atomic E-state index is 11.2. The second kappa shape index (κ2) is 7.08. The first-order valence-corrected chi connectivity index (χ1v) is 9.27. The van der Waals surface area contributed by atoms with Crippen molar-refractivity contribution in [3.63, 3.8) is 0 Å². The summed E-state index contributed by atoms with van der Waals surface area (Å²) in [6.07, 6.45) is 6.38. The van der Waals surface area contributed by atoms with Gasteiger partial charge in [0, 0.05) is 18.5 Å². The molecule has 0 spiro atoms. The molecule has 2 aromatic rings. The topological polar surface area (TPSA) is 67.2 Å². The summed E-state index contributed by atoms with van der Waals surface area (Å²) in [6.45, 7) is 0.930. The van der Waals surface area contributed by atoms with Crippen LogP contribution in [0.15, 0.2) is 24.3 Å². The molecule has 1 aromatic heterocycles. The van der Waals surface area contributed by atoms with Crippen molar-refractivity contribution in [2.24, 2.45) is 0 Å². The van der Waals surface area contributed by atoms with Gasteiger partial charge in [-0.05, 0) is 49.5 Å². The zero-order chi connectivity index (χ0) is 16.2. The van der Waals surface area contributed by atoms with Gasteiger partial charge in [0.1, 0.15) is 5.82 Å². The maximum atomic E-state index is 11.2. The Labute approximate surface area is 140 Å². The molecule has 3 rings (SSSR count). The molecule has 122 valence electrons. The number of aromatic carboxylic acids is 1. The number of carboxylic acid groups (broad SMARTS) is 1. The van der Waals surface area contributed by atoms with Crippen LogP contribution in [0.2, 0.25) is 0 Å². The molecule has 1 aliphatic heterocycles. The number of aryl methyl sites for hydroxylation is 1.